The molecule has 15 heavy (non-hydrogen) atoms. The first kappa shape index (κ1) is 11.4. The third-order valence-corrected chi connectivity index (χ3v) is 3.76. The van der Waals surface area contributed by atoms with Crippen LogP contribution in [0.15, 0.2) is 0 Å². The Labute approximate surface area is 93.8 Å². The lowest BCUT2D eigenvalue weighted by molar-refractivity contribution is 0.189. The maximum Gasteiger partial charge on any atom is 0.0192 e. The molecule has 3 heteroatoms. The summed E-state index contributed by atoms with van der Waals surface area (Å²) >= 11 is 0. The highest BCUT2D eigenvalue weighted by Gasteiger charge is 2.18. The topological polar surface area (TPSA) is 18.5 Å². The van der Waals surface area contributed by atoms with Gasteiger partial charge >= 0.3 is 0 Å². The molecule has 2 aliphatic heterocycles. The van der Waals surface area contributed by atoms with Crippen molar-refractivity contribution in [2.24, 2.45) is 0 Å². The molecule has 2 heterocycles. The van der Waals surface area contributed by atoms with Crippen LogP contribution >= 0.6 is 0 Å². The Balaban J connectivity index is 1.71. The molecule has 3 nitrogen and oxygen atoms in total. The summed E-state index contributed by atoms with van der Waals surface area (Å²) in [5, 5.41) is 3.50. The highest BCUT2D eigenvalue weighted by atomic mass is 15.2. The lowest BCUT2D eigenvalue weighted by atomic mass is 10.2. The Hall–Kier alpha value is -0.120. The van der Waals surface area contributed by atoms with Crippen molar-refractivity contribution >= 4 is 0 Å². The molecule has 0 aromatic heterocycles. The molecule has 0 spiro atoms. The van der Waals surface area contributed by atoms with Crippen LogP contribution in [0.4, 0.5) is 0 Å². The zero-order valence-corrected chi connectivity index (χ0v) is 10.0. The molecule has 0 bridgehead atoms. The van der Waals surface area contributed by atoms with Crippen molar-refractivity contribution < 1.29 is 0 Å². The van der Waals surface area contributed by atoms with Gasteiger partial charge in [-0.05, 0) is 52.4 Å². The van der Waals surface area contributed by atoms with Gasteiger partial charge in [0.25, 0.3) is 0 Å². The second kappa shape index (κ2) is 5.83. The first-order valence-electron chi connectivity index (χ1n) is 6.53. The first-order valence-corrected chi connectivity index (χ1v) is 6.53. The van der Waals surface area contributed by atoms with E-state index in [2.05, 4.69) is 22.0 Å². The summed E-state index contributed by atoms with van der Waals surface area (Å²) in [4.78, 5) is 5.27. The molecule has 1 N–H and O–H groups in total. The normalized spacial score (nSPS) is 30.6. The van der Waals surface area contributed by atoms with E-state index in [1.165, 1.54) is 65.1 Å². The SMILES string of the molecule is CC1CNCCCN1CCN1CCCC1. The van der Waals surface area contributed by atoms with E-state index in [0.29, 0.717) is 0 Å². The molecule has 2 fully saturated rings. The highest BCUT2D eigenvalue weighted by Crippen LogP contribution is 2.08. The quantitative estimate of drug-likeness (QED) is 0.744. The van der Waals surface area contributed by atoms with Crippen molar-refractivity contribution in [3.63, 3.8) is 0 Å². The van der Waals surface area contributed by atoms with Gasteiger partial charge in [-0.3, -0.25) is 4.90 Å². The highest BCUT2D eigenvalue weighted by molar-refractivity contribution is 4.76. The smallest absolute Gasteiger partial charge is 0.0192 e. The van der Waals surface area contributed by atoms with Crippen LogP contribution in [-0.2, 0) is 0 Å². The Morgan fingerprint density at radius 3 is 2.67 bits per heavy atom. The molecule has 2 saturated heterocycles. The summed E-state index contributed by atoms with van der Waals surface area (Å²) in [6, 6.07) is 0.718. The van der Waals surface area contributed by atoms with Crippen LogP contribution in [0, 0.1) is 0 Å². The standard InChI is InChI=1S/C12H25N3/c1-12-11-13-5-4-8-15(12)10-9-14-6-2-3-7-14/h12-13H,2-11H2,1H3. The largest absolute Gasteiger partial charge is 0.315 e. The molecule has 1 atom stereocenters. The van der Waals surface area contributed by atoms with Gasteiger partial charge in [0.2, 0.25) is 0 Å². The second-order valence-electron chi connectivity index (χ2n) is 4.99. The molecular formula is C12H25N3. The maximum absolute atomic E-state index is 3.50. The molecule has 2 aliphatic rings. The van der Waals surface area contributed by atoms with E-state index < -0.39 is 0 Å². The molecule has 88 valence electrons. The fraction of sp³-hybridized carbons (Fsp3) is 1.00. The average molecular weight is 211 g/mol. The number of hydrogen-bond donors (Lipinski definition) is 1. The Morgan fingerprint density at radius 2 is 1.87 bits per heavy atom. The number of rotatable bonds is 3. The minimum atomic E-state index is 0.718. The zero-order chi connectivity index (χ0) is 10.5. The van der Waals surface area contributed by atoms with Gasteiger partial charge in [0.05, 0.1) is 0 Å². The van der Waals surface area contributed by atoms with E-state index in [1.54, 1.807) is 0 Å². The monoisotopic (exact) mass is 211 g/mol. The number of nitrogens with one attached hydrogen (secondary N) is 1. The fourth-order valence-electron chi connectivity index (χ4n) is 2.68. The summed E-state index contributed by atoms with van der Waals surface area (Å²) in [5.74, 6) is 0. The van der Waals surface area contributed by atoms with Gasteiger partial charge in [-0.2, -0.15) is 0 Å². The van der Waals surface area contributed by atoms with Gasteiger partial charge in [0.15, 0.2) is 0 Å². The zero-order valence-electron chi connectivity index (χ0n) is 10.0. The van der Waals surface area contributed by atoms with Crippen molar-refractivity contribution in [3.05, 3.63) is 0 Å². The molecule has 0 radical (unpaired) electrons. The van der Waals surface area contributed by atoms with Crippen LogP contribution in [0.2, 0.25) is 0 Å². The molecule has 2 rings (SSSR count). The van der Waals surface area contributed by atoms with E-state index in [1.807, 2.05) is 0 Å². The van der Waals surface area contributed by atoms with Gasteiger partial charge in [0.1, 0.15) is 0 Å². The van der Waals surface area contributed by atoms with Crippen LogP contribution in [-0.4, -0.2) is 61.7 Å². The van der Waals surface area contributed by atoms with E-state index in [0.717, 1.165) is 6.04 Å². The average Bonchev–Trinajstić information content (AvgIpc) is 2.67. The van der Waals surface area contributed by atoms with Crippen LogP contribution in [0.5, 0.6) is 0 Å². The molecule has 0 amide bonds. The molecular weight excluding hydrogens is 186 g/mol. The maximum atomic E-state index is 3.50. The predicted octanol–water partition coefficient (Wildman–Crippen LogP) is 0.766. The van der Waals surface area contributed by atoms with Gasteiger partial charge in [-0.15, -0.1) is 0 Å². The van der Waals surface area contributed by atoms with Crippen LogP contribution in [0.25, 0.3) is 0 Å². The third-order valence-electron chi connectivity index (χ3n) is 3.76. The predicted molar refractivity (Wildman–Crippen MR) is 64.2 cm³/mol. The van der Waals surface area contributed by atoms with Crippen LogP contribution in [0.1, 0.15) is 26.2 Å². The molecule has 0 aromatic carbocycles. The van der Waals surface area contributed by atoms with Crippen molar-refractivity contribution in [1.29, 1.82) is 0 Å². The van der Waals surface area contributed by atoms with Crippen LogP contribution < -0.4 is 5.32 Å². The minimum Gasteiger partial charge on any atom is -0.315 e. The second-order valence-corrected chi connectivity index (χ2v) is 4.99. The van der Waals surface area contributed by atoms with Crippen LogP contribution in [0.3, 0.4) is 0 Å². The van der Waals surface area contributed by atoms with Gasteiger partial charge in [-0.25, -0.2) is 0 Å². The Bertz CT molecular complexity index is 178. The molecule has 1 unspecified atom stereocenters. The number of likely N-dealkylation sites (tertiary alicyclic amines) is 1. The Kier molecular flexibility index (Phi) is 4.42. The summed E-state index contributed by atoms with van der Waals surface area (Å²) in [6.07, 6.45) is 4.14. The minimum absolute atomic E-state index is 0.718. The van der Waals surface area contributed by atoms with Crippen molar-refractivity contribution in [2.75, 3.05) is 45.8 Å². The summed E-state index contributed by atoms with van der Waals surface area (Å²) in [7, 11) is 0. The fourth-order valence-corrected chi connectivity index (χ4v) is 2.68. The third kappa shape index (κ3) is 3.44. The van der Waals surface area contributed by atoms with E-state index in [9.17, 15) is 0 Å². The summed E-state index contributed by atoms with van der Waals surface area (Å²) in [6.45, 7) is 11.2. The Morgan fingerprint density at radius 1 is 1.07 bits per heavy atom. The molecule has 0 aliphatic carbocycles. The summed E-state index contributed by atoms with van der Waals surface area (Å²) < 4.78 is 0. The van der Waals surface area contributed by atoms with Crippen molar-refractivity contribution in [1.82, 2.24) is 15.1 Å². The summed E-state index contributed by atoms with van der Waals surface area (Å²) in [5.41, 5.74) is 0. The molecule has 0 aromatic rings. The van der Waals surface area contributed by atoms with E-state index in [-0.39, 0.29) is 0 Å². The number of hydrogen-bond acceptors (Lipinski definition) is 3. The van der Waals surface area contributed by atoms with Crippen molar-refractivity contribution in [2.45, 2.75) is 32.2 Å². The first-order chi connectivity index (χ1) is 7.36. The van der Waals surface area contributed by atoms with Gasteiger partial charge in [-0.1, -0.05) is 0 Å². The van der Waals surface area contributed by atoms with Gasteiger partial charge in [0, 0.05) is 25.7 Å². The van der Waals surface area contributed by atoms with E-state index >= 15 is 0 Å². The van der Waals surface area contributed by atoms with E-state index in [4.69, 9.17) is 0 Å². The number of nitrogens with zero attached hydrogens (tertiary/aromatic N) is 2. The molecule has 0 saturated carbocycles. The van der Waals surface area contributed by atoms with Gasteiger partial charge < -0.3 is 10.2 Å². The lowest BCUT2D eigenvalue weighted by Crippen LogP contribution is -2.41. The lowest BCUT2D eigenvalue weighted by Gasteiger charge is -2.28. The van der Waals surface area contributed by atoms with Crippen molar-refractivity contribution in [3.8, 4) is 0 Å².